The number of anilines is 1. The summed E-state index contributed by atoms with van der Waals surface area (Å²) in [5.41, 5.74) is 2.92. The maximum Gasteiger partial charge on any atom is 0.272 e. The number of nitrogens with zero attached hydrogens (tertiary/aromatic N) is 4. The van der Waals surface area contributed by atoms with Crippen molar-refractivity contribution in [3.05, 3.63) is 81.5 Å². The Labute approximate surface area is 159 Å². The van der Waals surface area contributed by atoms with Crippen LogP contribution in [0.4, 0.5) is 10.1 Å². The summed E-state index contributed by atoms with van der Waals surface area (Å²) in [6, 6.07) is 10.5. The third-order valence-electron chi connectivity index (χ3n) is 5.28. The van der Waals surface area contributed by atoms with Gasteiger partial charge in [0.05, 0.1) is 23.0 Å². The summed E-state index contributed by atoms with van der Waals surface area (Å²) in [7, 11) is 1.82. The Morgan fingerprint density at radius 2 is 1.96 bits per heavy atom. The Hall–Kier alpha value is -3.55. The lowest BCUT2D eigenvalue weighted by Crippen LogP contribution is -2.30. The molecule has 2 aromatic carbocycles. The van der Waals surface area contributed by atoms with Gasteiger partial charge in [0.25, 0.3) is 5.56 Å². The van der Waals surface area contributed by atoms with Gasteiger partial charge < -0.3 is 5.32 Å². The van der Waals surface area contributed by atoms with Gasteiger partial charge in [0.1, 0.15) is 18.0 Å². The first-order valence-electron chi connectivity index (χ1n) is 8.92. The van der Waals surface area contributed by atoms with Crippen LogP contribution in [-0.2, 0) is 7.05 Å². The normalized spacial score (nSPS) is 18.2. The molecule has 0 aliphatic carbocycles. The van der Waals surface area contributed by atoms with Crippen LogP contribution < -0.4 is 10.9 Å². The van der Waals surface area contributed by atoms with Crippen LogP contribution in [0.15, 0.2) is 47.5 Å². The first-order valence-corrected chi connectivity index (χ1v) is 8.92. The lowest BCUT2D eigenvalue weighted by molar-refractivity contribution is 0.564. The highest BCUT2D eigenvalue weighted by atomic mass is 19.1. The number of hydrogen-bond acceptors (Lipinski definition) is 5. The number of aromatic amines is 1. The molecule has 0 amide bonds. The molecule has 0 saturated heterocycles. The van der Waals surface area contributed by atoms with Crippen molar-refractivity contribution in [1.82, 2.24) is 25.0 Å². The smallest absolute Gasteiger partial charge is 0.272 e. The Bertz CT molecular complexity index is 1260. The summed E-state index contributed by atoms with van der Waals surface area (Å²) >= 11 is 0. The number of H-pyrrole nitrogens is 1. The highest BCUT2D eigenvalue weighted by Gasteiger charge is 2.37. The second-order valence-corrected chi connectivity index (χ2v) is 7.07. The lowest BCUT2D eigenvalue weighted by atomic mass is 9.83. The van der Waals surface area contributed by atoms with Crippen molar-refractivity contribution in [3.8, 4) is 0 Å². The predicted octanol–water partition coefficient (Wildman–Crippen LogP) is 2.80. The van der Waals surface area contributed by atoms with Crippen molar-refractivity contribution in [3.63, 3.8) is 0 Å². The van der Waals surface area contributed by atoms with E-state index in [9.17, 15) is 9.18 Å². The summed E-state index contributed by atoms with van der Waals surface area (Å²) in [5.74, 6) is -0.0844. The van der Waals surface area contributed by atoms with E-state index in [1.165, 1.54) is 18.5 Å². The molecule has 8 heteroatoms. The minimum absolute atomic E-state index is 0.251. The van der Waals surface area contributed by atoms with Gasteiger partial charge in [-0.05, 0) is 24.6 Å². The molecule has 7 nitrogen and oxygen atoms in total. The van der Waals surface area contributed by atoms with E-state index < -0.39 is 11.4 Å². The average Bonchev–Trinajstić information content (AvgIpc) is 3.10. The molecule has 1 aliphatic heterocycles. The molecule has 1 aliphatic rings. The summed E-state index contributed by atoms with van der Waals surface area (Å²) in [4.78, 5) is 16.7. The fourth-order valence-corrected chi connectivity index (χ4v) is 3.94. The van der Waals surface area contributed by atoms with Crippen molar-refractivity contribution in [2.75, 3.05) is 5.32 Å². The van der Waals surface area contributed by atoms with Crippen LogP contribution in [0.1, 0.15) is 34.6 Å². The van der Waals surface area contributed by atoms with Crippen LogP contribution >= 0.6 is 0 Å². The molecule has 2 atom stereocenters. The zero-order valence-electron chi connectivity index (χ0n) is 15.3. The van der Waals surface area contributed by atoms with Gasteiger partial charge >= 0.3 is 0 Å². The molecule has 0 spiro atoms. The highest BCUT2D eigenvalue weighted by Crippen LogP contribution is 2.45. The van der Waals surface area contributed by atoms with Gasteiger partial charge in [0.15, 0.2) is 0 Å². The van der Waals surface area contributed by atoms with E-state index in [0.717, 1.165) is 11.1 Å². The van der Waals surface area contributed by atoms with Crippen molar-refractivity contribution in [1.29, 1.82) is 0 Å². The van der Waals surface area contributed by atoms with Crippen molar-refractivity contribution >= 4 is 16.5 Å². The van der Waals surface area contributed by atoms with E-state index in [1.807, 2.05) is 38.2 Å². The van der Waals surface area contributed by atoms with Crippen LogP contribution in [-0.4, -0.2) is 25.0 Å². The third-order valence-corrected chi connectivity index (χ3v) is 5.28. The van der Waals surface area contributed by atoms with Gasteiger partial charge in [-0.25, -0.2) is 14.5 Å². The minimum Gasteiger partial charge on any atom is -0.376 e. The van der Waals surface area contributed by atoms with Crippen molar-refractivity contribution in [2.45, 2.75) is 18.9 Å². The first-order chi connectivity index (χ1) is 13.5. The molecule has 0 bridgehead atoms. The molecule has 0 radical (unpaired) electrons. The van der Waals surface area contributed by atoms with Gasteiger partial charge in [-0.15, -0.1) is 0 Å². The number of benzene rings is 2. The van der Waals surface area contributed by atoms with E-state index in [-0.39, 0.29) is 17.3 Å². The monoisotopic (exact) mass is 376 g/mol. The molecule has 2 aromatic heterocycles. The fourth-order valence-electron chi connectivity index (χ4n) is 3.94. The number of rotatable bonds is 2. The largest absolute Gasteiger partial charge is 0.376 e. The molecule has 3 heterocycles. The summed E-state index contributed by atoms with van der Waals surface area (Å²) in [6.45, 7) is 2.02. The second kappa shape index (κ2) is 5.98. The topological polar surface area (TPSA) is 88.5 Å². The summed E-state index contributed by atoms with van der Waals surface area (Å²) in [5, 5.41) is 15.4. The number of halogens is 1. The summed E-state index contributed by atoms with van der Waals surface area (Å²) < 4.78 is 15.9. The average molecular weight is 376 g/mol. The zero-order chi connectivity index (χ0) is 19.4. The van der Waals surface area contributed by atoms with Crippen molar-refractivity contribution in [2.24, 2.45) is 7.05 Å². The first kappa shape index (κ1) is 16.6. The fraction of sp³-hybridized carbons (Fsp3) is 0.200. The lowest BCUT2D eigenvalue weighted by Gasteiger charge is -2.33. The van der Waals surface area contributed by atoms with E-state index >= 15 is 0 Å². The van der Waals surface area contributed by atoms with E-state index in [4.69, 9.17) is 0 Å². The van der Waals surface area contributed by atoms with E-state index in [1.54, 1.807) is 4.68 Å². The molecule has 2 N–H and O–H groups in total. The SMILES string of the molecule is Cc1ccc(C2Nc3cc(F)cc4c(=O)[nH]nc(c34)C2c2ncnn2C)cc1. The molecule has 28 heavy (non-hydrogen) atoms. The van der Waals surface area contributed by atoms with E-state index in [2.05, 4.69) is 25.6 Å². The Morgan fingerprint density at radius 3 is 2.68 bits per heavy atom. The molecule has 0 saturated carbocycles. The van der Waals surface area contributed by atoms with Gasteiger partial charge in [-0.3, -0.25) is 9.48 Å². The number of hydrogen-bond donors (Lipinski definition) is 2. The van der Waals surface area contributed by atoms with Crippen LogP contribution in [0.25, 0.3) is 10.8 Å². The standard InChI is InChI=1S/C20H17FN6O/c1-10-3-5-11(6-4-10)17-16(19-22-9-23-27(19)2)18-15-13(20(28)26-25-18)7-12(21)8-14(15)24-17/h3-9,16-17,24H,1-2H3,(H,26,28). The Kier molecular flexibility index (Phi) is 3.55. The molecular formula is C20H17FN6O. The van der Waals surface area contributed by atoms with Gasteiger partial charge in [-0.2, -0.15) is 10.2 Å². The number of nitrogens with one attached hydrogen (secondary N) is 2. The maximum absolute atomic E-state index is 14.2. The second-order valence-electron chi connectivity index (χ2n) is 7.07. The van der Waals surface area contributed by atoms with E-state index in [0.29, 0.717) is 22.6 Å². The van der Waals surface area contributed by atoms with Gasteiger partial charge in [-0.1, -0.05) is 29.8 Å². The Morgan fingerprint density at radius 1 is 1.18 bits per heavy atom. The van der Waals surface area contributed by atoms with Crippen LogP contribution in [0, 0.1) is 12.7 Å². The zero-order valence-corrected chi connectivity index (χ0v) is 15.3. The predicted molar refractivity (Wildman–Crippen MR) is 103 cm³/mol. The van der Waals surface area contributed by atoms with Gasteiger partial charge in [0, 0.05) is 18.1 Å². The quantitative estimate of drug-likeness (QED) is 0.562. The van der Waals surface area contributed by atoms with Crippen LogP contribution in [0.3, 0.4) is 0 Å². The van der Waals surface area contributed by atoms with Gasteiger partial charge in [0.2, 0.25) is 0 Å². The third kappa shape index (κ3) is 2.41. The maximum atomic E-state index is 14.2. The molecule has 0 fully saturated rings. The molecule has 4 aromatic rings. The Balaban J connectivity index is 1.82. The van der Waals surface area contributed by atoms with Crippen LogP contribution in [0.5, 0.6) is 0 Å². The molecule has 2 unspecified atom stereocenters. The highest BCUT2D eigenvalue weighted by molar-refractivity contribution is 5.97. The van der Waals surface area contributed by atoms with Crippen LogP contribution in [0.2, 0.25) is 0 Å². The molecular weight excluding hydrogens is 359 g/mol. The number of aromatic nitrogens is 5. The minimum atomic E-state index is -0.475. The number of aryl methyl sites for hydroxylation is 2. The molecule has 140 valence electrons. The summed E-state index contributed by atoms with van der Waals surface area (Å²) in [6.07, 6.45) is 1.49. The van der Waals surface area contributed by atoms with Crippen molar-refractivity contribution < 1.29 is 4.39 Å². The molecule has 5 rings (SSSR count).